The number of amides is 1. The average Bonchev–Trinajstić information content (AvgIpc) is 2.83. The van der Waals surface area contributed by atoms with Gasteiger partial charge in [-0.1, -0.05) is 66.7 Å². The molecule has 8 heteroatoms. The van der Waals surface area contributed by atoms with Gasteiger partial charge in [0.05, 0.1) is 5.69 Å². The van der Waals surface area contributed by atoms with Crippen LogP contribution in [0.3, 0.4) is 0 Å². The number of ether oxygens (including phenoxy) is 1. The van der Waals surface area contributed by atoms with Crippen molar-refractivity contribution in [3.8, 4) is 17.1 Å². The van der Waals surface area contributed by atoms with E-state index in [0.29, 0.717) is 33.0 Å². The lowest BCUT2D eigenvalue weighted by molar-refractivity contribution is -0.118. The Kier molecular flexibility index (Phi) is 5.19. The molecule has 6 nitrogen and oxygen atoms in total. The maximum atomic E-state index is 12.7. The zero-order chi connectivity index (χ0) is 19.7. The summed E-state index contributed by atoms with van der Waals surface area (Å²) in [4.78, 5) is 18.8. The van der Waals surface area contributed by atoms with Crippen molar-refractivity contribution < 1.29 is 9.53 Å². The van der Waals surface area contributed by atoms with Gasteiger partial charge in [-0.05, 0) is 17.9 Å². The van der Waals surface area contributed by atoms with Crippen LogP contribution >= 0.6 is 23.4 Å². The van der Waals surface area contributed by atoms with Crippen molar-refractivity contribution in [2.45, 2.75) is 25.2 Å². The van der Waals surface area contributed by atoms with Crippen molar-refractivity contribution in [1.82, 2.24) is 15.2 Å². The van der Waals surface area contributed by atoms with Crippen molar-refractivity contribution in [3.05, 3.63) is 59.1 Å². The number of aromatic nitrogens is 3. The van der Waals surface area contributed by atoms with Gasteiger partial charge in [0.25, 0.3) is 0 Å². The molecule has 2 heterocycles. The van der Waals surface area contributed by atoms with Gasteiger partial charge in [0.1, 0.15) is 0 Å². The first-order chi connectivity index (χ1) is 13.6. The third kappa shape index (κ3) is 3.31. The van der Waals surface area contributed by atoms with E-state index in [1.165, 1.54) is 18.7 Å². The first-order valence-corrected chi connectivity index (χ1v) is 10.1. The first kappa shape index (κ1) is 18.7. The summed E-state index contributed by atoms with van der Waals surface area (Å²) in [5.41, 5.74) is 2.57. The highest BCUT2D eigenvalue weighted by molar-refractivity contribution is 7.99. The van der Waals surface area contributed by atoms with Crippen molar-refractivity contribution in [2.24, 2.45) is 0 Å². The highest BCUT2D eigenvalue weighted by Gasteiger charge is 2.35. The predicted molar refractivity (Wildman–Crippen MR) is 110 cm³/mol. The largest absolute Gasteiger partial charge is 0.447 e. The monoisotopic (exact) mass is 412 g/mol. The van der Waals surface area contributed by atoms with E-state index in [4.69, 9.17) is 16.3 Å². The standard InChI is InChI=1S/C20H17ClN4O2S/c1-3-28-20-22-18-17(23-24-20)14-9-5-7-11-16(14)25(12(2)26)19(27-18)13-8-4-6-10-15(13)21/h4-11,19H,3H2,1-2H3/t19-/m0/s1. The van der Waals surface area contributed by atoms with E-state index in [1.54, 1.807) is 11.0 Å². The number of rotatable bonds is 3. The molecule has 0 aliphatic carbocycles. The van der Waals surface area contributed by atoms with E-state index in [0.717, 1.165) is 11.3 Å². The van der Waals surface area contributed by atoms with Gasteiger partial charge in [-0.25, -0.2) is 0 Å². The van der Waals surface area contributed by atoms with Gasteiger partial charge in [0.15, 0.2) is 5.69 Å². The average molecular weight is 413 g/mol. The van der Waals surface area contributed by atoms with E-state index in [-0.39, 0.29) is 5.91 Å². The maximum Gasteiger partial charge on any atom is 0.247 e. The minimum atomic E-state index is -0.773. The molecule has 1 atom stereocenters. The zero-order valence-electron chi connectivity index (χ0n) is 15.3. The number of carbonyl (C=O) groups is 1. The van der Waals surface area contributed by atoms with Gasteiger partial charge < -0.3 is 4.74 Å². The van der Waals surface area contributed by atoms with E-state index in [2.05, 4.69) is 15.2 Å². The molecule has 28 heavy (non-hydrogen) atoms. The fraction of sp³-hybridized carbons (Fsp3) is 0.200. The Labute approximate surface area is 171 Å². The number of nitrogens with zero attached hydrogens (tertiary/aromatic N) is 4. The molecule has 0 saturated carbocycles. The molecule has 1 amide bonds. The van der Waals surface area contributed by atoms with Gasteiger partial charge in [-0.2, -0.15) is 4.98 Å². The summed E-state index contributed by atoms with van der Waals surface area (Å²) in [6, 6.07) is 14.8. The predicted octanol–water partition coefficient (Wildman–Crippen LogP) is 4.75. The van der Waals surface area contributed by atoms with Crippen LogP contribution in [0.15, 0.2) is 53.7 Å². The Morgan fingerprint density at radius 2 is 1.93 bits per heavy atom. The molecule has 0 unspecified atom stereocenters. The number of benzene rings is 2. The van der Waals surface area contributed by atoms with Crippen LogP contribution in [0.4, 0.5) is 5.69 Å². The lowest BCUT2D eigenvalue weighted by Gasteiger charge is -2.30. The van der Waals surface area contributed by atoms with Gasteiger partial charge in [-0.15, -0.1) is 10.2 Å². The van der Waals surface area contributed by atoms with Gasteiger partial charge in [-0.3, -0.25) is 9.69 Å². The fourth-order valence-electron chi connectivity index (χ4n) is 3.12. The summed E-state index contributed by atoms with van der Waals surface area (Å²) < 4.78 is 6.26. The van der Waals surface area contributed by atoms with E-state index in [9.17, 15) is 4.79 Å². The molecule has 0 radical (unpaired) electrons. The summed E-state index contributed by atoms with van der Waals surface area (Å²) in [6.45, 7) is 3.51. The molecule has 1 aromatic heterocycles. The molecule has 1 aliphatic heterocycles. The number of carbonyl (C=O) groups excluding carboxylic acids is 1. The number of hydrogen-bond acceptors (Lipinski definition) is 6. The Morgan fingerprint density at radius 1 is 1.18 bits per heavy atom. The van der Waals surface area contributed by atoms with Crippen LogP contribution in [0.1, 0.15) is 25.6 Å². The molecule has 2 aromatic carbocycles. The Morgan fingerprint density at radius 3 is 2.68 bits per heavy atom. The molecule has 0 N–H and O–H groups in total. The van der Waals surface area contributed by atoms with Crippen LogP contribution in [0, 0.1) is 0 Å². The van der Waals surface area contributed by atoms with Crippen molar-refractivity contribution in [2.75, 3.05) is 10.7 Å². The number of para-hydroxylation sites is 1. The summed E-state index contributed by atoms with van der Waals surface area (Å²) in [5, 5.41) is 9.58. The van der Waals surface area contributed by atoms with Crippen molar-refractivity contribution in [3.63, 3.8) is 0 Å². The molecule has 0 saturated heterocycles. The van der Waals surface area contributed by atoms with E-state index >= 15 is 0 Å². The summed E-state index contributed by atoms with van der Waals surface area (Å²) >= 11 is 7.92. The van der Waals surface area contributed by atoms with Gasteiger partial charge in [0.2, 0.25) is 23.2 Å². The Balaban J connectivity index is 1.97. The van der Waals surface area contributed by atoms with E-state index < -0.39 is 6.23 Å². The second-order valence-electron chi connectivity index (χ2n) is 6.08. The van der Waals surface area contributed by atoms with Crippen LogP contribution in [-0.4, -0.2) is 26.8 Å². The lowest BCUT2D eigenvalue weighted by Crippen LogP contribution is -2.36. The fourth-order valence-corrected chi connectivity index (χ4v) is 3.85. The zero-order valence-corrected chi connectivity index (χ0v) is 16.9. The summed E-state index contributed by atoms with van der Waals surface area (Å²) in [7, 11) is 0. The van der Waals surface area contributed by atoms with E-state index in [1.807, 2.05) is 49.4 Å². The third-order valence-corrected chi connectivity index (χ3v) is 5.36. The van der Waals surface area contributed by atoms with Gasteiger partial charge >= 0.3 is 0 Å². The molecule has 0 bridgehead atoms. The normalized spacial score (nSPS) is 15.2. The topological polar surface area (TPSA) is 68.2 Å². The quantitative estimate of drug-likeness (QED) is 0.578. The van der Waals surface area contributed by atoms with Crippen molar-refractivity contribution >= 4 is 35.0 Å². The molecule has 4 rings (SSSR count). The molecule has 142 valence electrons. The molecule has 3 aromatic rings. The van der Waals surface area contributed by atoms with Crippen LogP contribution in [0.5, 0.6) is 5.88 Å². The minimum absolute atomic E-state index is 0.179. The number of halogens is 1. The lowest BCUT2D eigenvalue weighted by atomic mass is 10.1. The summed E-state index contributed by atoms with van der Waals surface area (Å²) in [5.74, 6) is 0.957. The number of thioether (sulfide) groups is 1. The third-order valence-electron chi connectivity index (χ3n) is 4.30. The number of anilines is 1. The number of hydrogen-bond donors (Lipinski definition) is 0. The first-order valence-electron chi connectivity index (χ1n) is 8.78. The molecule has 1 aliphatic rings. The van der Waals surface area contributed by atoms with Crippen LogP contribution in [0.2, 0.25) is 5.02 Å². The van der Waals surface area contributed by atoms with Crippen LogP contribution in [0.25, 0.3) is 11.3 Å². The Hall–Kier alpha value is -2.64. The second kappa shape index (κ2) is 7.77. The molecule has 0 fully saturated rings. The smallest absolute Gasteiger partial charge is 0.247 e. The highest BCUT2D eigenvalue weighted by atomic mass is 35.5. The van der Waals surface area contributed by atoms with Crippen molar-refractivity contribution in [1.29, 1.82) is 0 Å². The number of fused-ring (bicyclic) bond motifs is 3. The molecule has 0 spiro atoms. The SMILES string of the molecule is CCSc1nnc2c(n1)O[C@@H](c1ccccc1Cl)N(C(C)=O)c1ccccc1-2. The van der Waals surface area contributed by atoms with Crippen LogP contribution in [-0.2, 0) is 4.79 Å². The maximum absolute atomic E-state index is 12.7. The molecular weight excluding hydrogens is 396 g/mol. The Bertz CT molecular complexity index is 1050. The minimum Gasteiger partial charge on any atom is -0.447 e. The highest BCUT2D eigenvalue weighted by Crippen LogP contribution is 2.44. The van der Waals surface area contributed by atoms with Crippen LogP contribution < -0.4 is 9.64 Å². The second-order valence-corrected chi connectivity index (χ2v) is 7.72. The van der Waals surface area contributed by atoms with Gasteiger partial charge in [0, 0.05) is 23.1 Å². The summed E-state index contributed by atoms with van der Waals surface area (Å²) in [6.07, 6.45) is -0.773. The molecular formula is C20H17ClN4O2S.